The van der Waals surface area contributed by atoms with Crippen LogP contribution in [-0.2, 0) is 15.8 Å². The fraction of sp³-hybridized carbons (Fsp3) is 0.343. The van der Waals surface area contributed by atoms with Gasteiger partial charge in [-0.1, -0.05) is 0 Å². The van der Waals surface area contributed by atoms with Crippen LogP contribution in [0.4, 0.5) is 14.9 Å². The quantitative estimate of drug-likeness (QED) is 0.155. The molecular weight excluding hydrogens is 605 g/mol. The Balaban J connectivity index is 1.45. The van der Waals surface area contributed by atoms with Gasteiger partial charge in [-0.25, -0.2) is 14.2 Å². The normalized spacial score (nSPS) is 17.0. The Morgan fingerprint density at radius 3 is 2.45 bits per heavy atom. The fourth-order valence-electron chi connectivity index (χ4n) is 5.38. The van der Waals surface area contributed by atoms with E-state index < -0.39 is 34.4 Å². The average Bonchev–Trinajstić information content (AvgIpc) is 3.36. The summed E-state index contributed by atoms with van der Waals surface area (Å²) >= 11 is 0. The fourth-order valence-corrected chi connectivity index (χ4v) is 5.38. The first-order valence-electron chi connectivity index (χ1n) is 15.1. The number of aliphatic hydroxyl groups is 2. The number of primary amides is 1. The van der Waals surface area contributed by atoms with Gasteiger partial charge in [0.15, 0.2) is 5.78 Å². The number of ketones is 1. The molecule has 246 valence electrons. The van der Waals surface area contributed by atoms with E-state index in [2.05, 4.69) is 20.6 Å². The van der Waals surface area contributed by atoms with Crippen LogP contribution in [0, 0.1) is 12.7 Å². The lowest BCUT2D eigenvalue weighted by atomic mass is 9.81. The number of nitrogens with two attached hydrogens (primary N) is 1. The molecule has 2 aromatic carbocycles. The minimum atomic E-state index is -1.65. The molecule has 5 rings (SSSR count). The molecule has 0 aliphatic carbocycles. The van der Waals surface area contributed by atoms with Crippen molar-refractivity contribution in [2.45, 2.75) is 64.1 Å². The molecule has 0 saturated carbocycles. The minimum Gasteiger partial charge on any atom is -0.489 e. The molecule has 12 heteroatoms. The monoisotopic (exact) mass is 643 g/mol. The van der Waals surface area contributed by atoms with Gasteiger partial charge < -0.3 is 31.3 Å². The van der Waals surface area contributed by atoms with E-state index in [0.717, 1.165) is 5.56 Å². The lowest BCUT2D eigenvalue weighted by Gasteiger charge is -2.26. The Hall–Kier alpha value is -4.94. The van der Waals surface area contributed by atoms with Crippen LogP contribution in [0.5, 0.6) is 5.75 Å². The number of Topliss-reactive ketones (excluding diaryl/α,β-unsaturated/α-hetero) is 1. The third kappa shape index (κ3) is 7.08. The highest BCUT2D eigenvalue weighted by atomic mass is 19.1. The first-order valence-corrected chi connectivity index (χ1v) is 15.1. The maximum Gasteiger partial charge on any atom is 0.319 e. The van der Waals surface area contributed by atoms with E-state index in [0.29, 0.717) is 44.7 Å². The van der Waals surface area contributed by atoms with Gasteiger partial charge in [-0.2, -0.15) is 0 Å². The number of benzene rings is 2. The van der Waals surface area contributed by atoms with Crippen LogP contribution in [-0.4, -0.2) is 56.7 Å². The summed E-state index contributed by atoms with van der Waals surface area (Å²) in [6.45, 7) is 8.13. The van der Waals surface area contributed by atoms with Crippen LogP contribution in [0.2, 0.25) is 0 Å². The van der Waals surface area contributed by atoms with Gasteiger partial charge in [0.25, 0.3) is 0 Å². The van der Waals surface area contributed by atoms with Gasteiger partial charge in [0.05, 0.1) is 22.5 Å². The van der Waals surface area contributed by atoms with Crippen LogP contribution in [0.1, 0.15) is 67.7 Å². The van der Waals surface area contributed by atoms with Crippen molar-refractivity contribution >= 4 is 34.3 Å². The van der Waals surface area contributed by atoms with Gasteiger partial charge in [0.1, 0.15) is 34.9 Å². The van der Waals surface area contributed by atoms with E-state index in [4.69, 9.17) is 10.5 Å². The summed E-state index contributed by atoms with van der Waals surface area (Å²) in [5.41, 5.74) is 5.18. The van der Waals surface area contributed by atoms with E-state index in [1.54, 1.807) is 39.1 Å². The molecule has 1 aliphatic rings. The number of nitrogens with one attached hydrogen (secondary N) is 2. The number of ether oxygens (including phenoxy) is 1. The Labute approximate surface area is 271 Å². The molecule has 2 aromatic heterocycles. The molecule has 0 fully saturated rings. The van der Waals surface area contributed by atoms with Crippen molar-refractivity contribution in [3.05, 3.63) is 82.9 Å². The van der Waals surface area contributed by atoms with Crippen molar-refractivity contribution in [2.75, 3.05) is 18.5 Å². The van der Waals surface area contributed by atoms with Crippen LogP contribution in [0.15, 0.2) is 54.7 Å². The first-order chi connectivity index (χ1) is 22.0. The number of pyridine rings is 2. The number of carbonyl (C=O) groups is 3. The molecule has 3 heterocycles. The van der Waals surface area contributed by atoms with Crippen LogP contribution in [0.25, 0.3) is 22.2 Å². The lowest BCUT2D eigenvalue weighted by molar-refractivity contribution is -0.123. The van der Waals surface area contributed by atoms with Crippen LogP contribution in [0.3, 0.4) is 0 Å². The van der Waals surface area contributed by atoms with E-state index in [9.17, 15) is 29.0 Å². The smallest absolute Gasteiger partial charge is 0.319 e. The van der Waals surface area contributed by atoms with Crippen LogP contribution >= 0.6 is 0 Å². The third-order valence-corrected chi connectivity index (χ3v) is 8.30. The summed E-state index contributed by atoms with van der Waals surface area (Å²) in [4.78, 5) is 47.9. The molecule has 47 heavy (non-hydrogen) atoms. The molecule has 2 atom stereocenters. The van der Waals surface area contributed by atoms with Crippen molar-refractivity contribution in [3.8, 4) is 17.0 Å². The minimum absolute atomic E-state index is 0.00132. The topological polar surface area (TPSA) is 177 Å². The van der Waals surface area contributed by atoms with Crippen molar-refractivity contribution in [1.29, 1.82) is 0 Å². The molecule has 0 bridgehead atoms. The Morgan fingerprint density at radius 2 is 1.79 bits per heavy atom. The van der Waals surface area contributed by atoms with Gasteiger partial charge in [-0.05, 0) is 95.1 Å². The number of nitrogens with zero attached hydrogens (tertiary/aromatic N) is 2. The largest absolute Gasteiger partial charge is 0.489 e. The van der Waals surface area contributed by atoms with Crippen molar-refractivity contribution in [3.63, 3.8) is 0 Å². The first kappa shape index (κ1) is 33.4. The highest BCUT2D eigenvalue weighted by molar-refractivity contribution is 6.06. The molecular formula is C35H38FN5O6. The summed E-state index contributed by atoms with van der Waals surface area (Å²) < 4.78 is 19.6. The molecule has 0 spiro atoms. The van der Waals surface area contributed by atoms with Crippen molar-refractivity contribution in [2.24, 2.45) is 5.73 Å². The molecule has 0 saturated heterocycles. The molecule has 4 aromatic rings. The van der Waals surface area contributed by atoms with E-state index in [1.807, 2.05) is 13.0 Å². The van der Waals surface area contributed by atoms with Gasteiger partial charge in [0, 0.05) is 41.2 Å². The SMILES string of the molecule is Cc1cnc2c(NC(=O)NCC(C)(C)O)cc(C(=O)CC[C@](C)(O)c3cc4c(c(-c5ccc(F)cc5)n3)OC[C@]4(C)C(N)=O)cc2c1. The number of halogens is 1. The van der Waals surface area contributed by atoms with Gasteiger partial charge in [0.2, 0.25) is 5.91 Å². The number of fused-ring (bicyclic) bond motifs is 2. The third-order valence-electron chi connectivity index (χ3n) is 8.30. The molecule has 3 amide bonds. The number of anilines is 1. The Bertz CT molecular complexity index is 1890. The summed E-state index contributed by atoms with van der Waals surface area (Å²) in [6.07, 6.45) is 1.50. The maximum absolute atomic E-state index is 13.7. The molecule has 0 radical (unpaired) electrons. The van der Waals surface area contributed by atoms with Crippen molar-refractivity contribution < 1.29 is 33.7 Å². The summed E-state index contributed by atoms with van der Waals surface area (Å²) in [6, 6.07) is 11.7. The predicted molar refractivity (Wildman–Crippen MR) is 175 cm³/mol. The Morgan fingerprint density at radius 1 is 1.09 bits per heavy atom. The van der Waals surface area contributed by atoms with E-state index >= 15 is 0 Å². The highest BCUT2D eigenvalue weighted by Crippen LogP contribution is 2.46. The summed E-state index contributed by atoms with van der Waals surface area (Å²) in [5.74, 6) is -1.05. The molecule has 1 aliphatic heterocycles. The summed E-state index contributed by atoms with van der Waals surface area (Å²) in [5, 5.41) is 27.7. The Kier molecular flexibility index (Phi) is 8.78. The highest BCUT2D eigenvalue weighted by Gasteiger charge is 2.45. The second kappa shape index (κ2) is 12.3. The van der Waals surface area contributed by atoms with E-state index in [1.165, 1.54) is 37.3 Å². The number of hydrogen-bond acceptors (Lipinski definition) is 8. The van der Waals surface area contributed by atoms with E-state index in [-0.39, 0.29) is 37.5 Å². The number of hydrogen-bond donors (Lipinski definition) is 5. The average molecular weight is 644 g/mol. The standard InChI is InChI=1S/C35H38FN5O6/c1-19-12-22-13-21(14-25(28(22)38-16-19)40-32(44)39-17-33(2,3)45)26(42)10-11-35(5,46)27-15-24-30(47-18-34(24,4)31(37)43)29(41-27)20-6-8-23(36)9-7-20/h6-9,12-16,45-46H,10-11,17-18H2,1-5H3,(H2,37,43)(H2,39,40,44)/t34-,35-/m0/s1. The number of aryl methyl sites for hydroxylation is 1. The number of amides is 3. The summed E-state index contributed by atoms with van der Waals surface area (Å²) in [7, 11) is 0. The van der Waals surface area contributed by atoms with Gasteiger partial charge in [-0.15, -0.1) is 0 Å². The number of aromatic nitrogens is 2. The number of urea groups is 1. The predicted octanol–water partition coefficient (Wildman–Crippen LogP) is 4.64. The number of rotatable bonds is 10. The molecule has 0 unspecified atom stereocenters. The zero-order chi connectivity index (χ0) is 34.3. The lowest BCUT2D eigenvalue weighted by Crippen LogP contribution is -2.40. The maximum atomic E-state index is 13.7. The zero-order valence-electron chi connectivity index (χ0n) is 26.9. The van der Waals surface area contributed by atoms with Crippen LogP contribution < -0.4 is 21.1 Å². The van der Waals surface area contributed by atoms with Gasteiger partial charge in [-0.3, -0.25) is 14.6 Å². The molecule has 11 nitrogen and oxygen atoms in total. The second-order valence-electron chi connectivity index (χ2n) is 13.2. The van der Waals surface area contributed by atoms with Crippen molar-refractivity contribution in [1.82, 2.24) is 15.3 Å². The number of carbonyl (C=O) groups excluding carboxylic acids is 3. The zero-order valence-corrected chi connectivity index (χ0v) is 26.9. The molecule has 6 N–H and O–H groups in total. The second-order valence-corrected chi connectivity index (χ2v) is 13.2. The van der Waals surface area contributed by atoms with Gasteiger partial charge >= 0.3 is 6.03 Å².